The monoisotopic (exact) mass is 344 g/mol. The number of unbranched alkanes of at least 4 members (excludes halogenated alkanes) is 1. The average molecular weight is 345 g/mol. The molecule has 0 heterocycles. The third kappa shape index (κ3) is 4.19. The summed E-state index contributed by atoms with van der Waals surface area (Å²) in [5.74, 6) is 1.29. The summed E-state index contributed by atoms with van der Waals surface area (Å²) in [7, 11) is 0. The molecule has 1 aliphatic rings. The van der Waals surface area contributed by atoms with Gasteiger partial charge < -0.3 is 0 Å². The number of benzene rings is 2. The van der Waals surface area contributed by atoms with Crippen molar-refractivity contribution in [3.05, 3.63) is 58.9 Å². The van der Waals surface area contributed by atoms with Crippen molar-refractivity contribution in [3.8, 4) is 11.1 Å². The van der Waals surface area contributed by atoms with E-state index in [4.69, 9.17) is 11.6 Å². The summed E-state index contributed by atoms with van der Waals surface area (Å²) in [6.07, 6.45) is 9.00. The first-order chi connectivity index (χ1) is 11.7. The van der Waals surface area contributed by atoms with Crippen LogP contribution in [0.5, 0.6) is 0 Å². The molecule has 2 aromatic rings. The van der Waals surface area contributed by atoms with Crippen molar-refractivity contribution in [3.63, 3.8) is 0 Å². The van der Waals surface area contributed by atoms with Crippen molar-refractivity contribution in [2.75, 3.05) is 0 Å². The van der Waals surface area contributed by atoms with Gasteiger partial charge in [0, 0.05) is 10.6 Å². The standard InChI is InChI=1S/C22H26ClF/c1-2-3-4-16-5-7-17(8-6-16)19-11-14-21(22(24)15-19)18-9-12-20(23)13-10-18/h9-17H,2-8H2,1H3. The van der Waals surface area contributed by atoms with Crippen LogP contribution in [-0.2, 0) is 0 Å². The second kappa shape index (κ2) is 8.16. The Morgan fingerprint density at radius 3 is 2.33 bits per heavy atom. The van der Waals surface area contributed by atoms with Crippen LogP contribution in [-0.4, -0.2) is 0 Å². The first-order valence-electron chi connectivity index (χ1n) is 9.22. The summed E-state index contributed by atoms with van der Waals surface area (Å²) in [6, 6.07) is 13.2. The van der Waals surface area contributed by atoms with Gasteiger partial charge in [-0.15, -0.1) is 0 Å². The molecule has 1 fully saturated rings. The zero-order chi connectivity index (χ0) is 16.9. The molecule has 0 bridgehead atoms. The van der Waals surface area contributed by atoms with Crippen LogP contribution in [0.4, 0.5) is 4.39 Å². The maximum absolute atomic E-state index is 14.6. The van der Waals surface area contributed by atoms with Crippen molar-refractivity contribution in [2.45, 2.75) is 57.8 Å². The van der Waals surface area contributed by atoms with E-state index in [0.717, 1.165) is 11.5 Å². The van der Waals surface area contributed by atoms with Crippen molar-refractivity contribution in [1.29, 1.82) is 0 Å². The molecule has 0 aromatic heterocycles. The van der Waals surface area contributed by atoms with Crippen LogP contribution >= 0.6 is 11.6 Å². The predicted molar refractivity (Wildman–Crippen MR) is 101 cm³/mol. The molecular formula is C22H26ClF. The van der Waals surface area contributed by atoms with E-state index >= 15 is 0 Å². The lowest BCUT2D eigenvalue weighted by Gasteiger charge is -2.29. The van der Waals surface area contributed by atoms with Crippen molar-refractivity contribution >= 4 is 11.6 Å². The summed E-state index contributed by atoms with van der Waals surface area (Å²) in [5, 5.41) is 0.676. The van der Waals surface area contributed by atoms with Gasteiger partial charge >= 0.3 is 0 Å². The summed E-state index contributed by atoms with van der Waals surface area (Å²) in [5.41, 5.74) is 2.71. The lowest BCUT2D eigenvalue weighted by molar-refractivity contribution is 0.304. The zero-order valence-electron chi connectivity index (χ0n) is 14.4. The molecule has 1 aliphatic carbocycles. The fourth-order valence-corrected chi connectivity index (χ4v) is 4.05. The van der Waals surface area contributed by atoms with Gasteiger partial charge in [-0.25, -0.2) is 4.39 Å². The molecule has 0 unspecified atom stereocenters. The predicted octanol–water partition coefficient (Wildman–Crippen LogP) is 7.61. The van der Waals surface area contributed by atoms with E-state index in [1.54, 1.807) is 6.07 Å². The summed E-state index contributed by atoms with van der Waals surface area (Å²) in [6.45, 7) is 2.26. The first-order valence-corrected chi connectivity index (χ1v) is 9.60. The van der Waals surface area contributed by atoms with E-state index in [9.17, 15) is 4.39 Å². The smallest absolute Gasteiger partial charge is 0.131 e. The van der Waals surface area contributed by atoms with E-state index in [1.807, 2.05) is 30.3 Å². The molecule has 0 radical (unpaired) electrons. The van der Waals surface area contributed by atoms with E-state index in [1.165, 1.54) is 50.5 Å². The molecule has 2 aromatic carbocycles. The number of rotatable bonds is 5. The van der Waals surface area contributed by atoms with Gasteiger partial charge in [-0.3, -0.25) is 0 Å². The maximum Gasteiger partial charge on any atom is 0.131 e. The lowest BCUT2D eigenvalue weighted by Crippen LogP contribution is -2.13. The topological polar surface area (TPSA) is 0 Å². The van der Waals surface area contributed by atoms with Crippen LogP contribution < -0.4 is 0 Å². The highest BCUT2D eigenvalue weighted by Gasteiger charge is 2.22. The quantitative estimate of drug-likeness (QED) is 0.523. The second-order valence-electron chi connectivity index (χ2n) is 7.11. The molecule has 3 rings (SSSR count). The summed E-state index contributed by atoms with van der Waals surface area (Å²) >= 11 is 5.92. The molecule has 0 aliphatic heterocycles. The van der Waals surface area contributed by atoms with Crippen molar-refractivity contribution in [2.24, 2.45) is 5.92 Å². The van der Waals surface area contributed by atoms with Crippen molar-refractivity contribution in [1.82, 2.24) is 0 Å². The van der Waals surface area contributed by atoms with Gasteiger partial charge in [0.15, 0.2) is 0 Å². The van der Waals surface area contributed by atoms with Gasteiger partial charge in [-0.1, -0.05) is 62.1 Å². The molecular weight excluding hydrogens is 319 g/mol. The molecule has 0 spiro atoms. The van der Waals surface area contributed by atoms with E-state index < -0.39 is 0 Å². The number of hydrogen-bond acceptors (Lipinski definition) is 0. The van der Waals surface area contributed by atoms with Gasteiger partial charge in [-0.2, -0.15) is 0 Å². The molecule has 24 heavy (non-hydrogen) atoms. The molecule has 0 nitrogen and oxygen atoms in total. The SMILES string of the molecule is CCCCC1CCC(c2ccc(-c3ccc(Cl)cc3)c(F)c2)CC1. The molecule has 2 heteroatoms. The third-order valence-electron chi connectivity index (χ3n) is 5.43. The van der Waals surface area contributed by atoms with Crippen LogP contribution in [0.3, 0.4) is 0 Å². The summed E-state index contributed by atoms with van der Waals surface area (Å²) in [4.78, 5) is 0. The molecule has 0 atom stereocenters. The molecule has 0 amide bonds. The largest absolute Gasteiger partial charge is 0.206 e. The van der Waals surface area contributed by atoms with Crippen LogP contribution in [0.1, 0.15) is 63.4 Å². The first kappa shape index (κ1) is 17.5. The Labute approximate surface area is 150 Å². The highest BCUT2D eigenvalue weighted by atomic mass is 35.5. The van der Waals surface area contributed by atoms with Crippen LogP contribution in [0.15, 0.2) is 42.5 Å². The fraction of sp³-hybridized carbons (Fsp3) is 0.455. The maximum atomic E-state index is 14.6. The zero-order valence-corrected chi connectivity index (χ0v) is 15.2. The minimum atomic E-state index is -0.122. The van der Waals surface area contributed by atoms with E-state index in [0.29, 0.717) is 16.5 Å². The minimum Gasteiger partial charge on any atom is -0.206 e. The highest BCUT2D eigenvalue weighted by molar-refractivity contribution is 6.30. The Morgan fingerprint density at radius 1 is 1.00 bits per heavy atom. The number of halogens is 2. The Balaban J connectivity index is 1.68. The average Bonchev–Trinajstić information content (AvgIpc) is 2.61. The molecule has 0 N–H and O–H groups in total. The molecule has 0 saturated heterocycles. The summed E-state index contributed by atoms with van der Waals surface area (Å²) < 4.78 is 14.6. The Morgan fingerprint density at radius 2 is 1.71 bits per heavy atom. The lowest BCUT2D eigenvalue weighted by atomic mass is 9.77. The van der Waals surface area contributed by atoms with E-state index in [2.05, 4.69) is 13.0 Å². The van der Waals surface area contributed by atoms with E-state index in [-0.39, 0.29) is 5.82 Å². The second-order valence-corrected chi connectivity index (χ2v) is 7.54. The molecule has 1 saturated carbocycles. The highest BCUT2D eigenvalue weighted by Crippen LogP contribution is 2.38. The third-order valence-corrected chi connectivity index (χ3v) is 5.68. The minimum absolute atomic E-state index is 0.122. The Bertz CT molecular complexity index is 654. The van der Waals surface area contributed by atoms with Crippen LogP contribution in [0.25, 0.3) is 11.1 Å². The Hall–Kier alpha value is -1.34. The number of hydrogen-bond donors (Lipinski definition) is 0. The normalized spacial score (nSPS) is 21.0. The Kier molecular flexibility index (Phi) is 5.94. The van der Waals surface area contributed by atoms with Gasteiger partial charge in [0.1, 0.15) is 5.82 Å². The van der Waals surface area contributed by atoms with Crippen LogP contribution in [0, 0.1) is 11.7 Å². The van der Waals surface area contributed by atoms with Gasteiger partial charge in [0.05, 0.1) is 0 Å². The van der Waals surface area contributed by atoms with Gasteiger partial charge in [-0.05, 0) is 66.8 Å². The van der Waals surface area contributed by atoms with Gasteiger partial charge in [0.25, 0.3) is 0 Å². The fourth-order valence-electron chi connectivity index (χ4n) is 3.93. The van der Waals surface area contributed by atoms with Gasteiger partial charge in [0.2, 0.25) is 0 Å². The van der Waals surface area contributed by atoms with Crippen molar-refractivity contribution < 1.29 is 4.39 Å². The molecule has 128 valence electrons. The van der Waals surface area contributed by atoms with Crippen LogP contribution in [0.2, 0.25) is 5.02 Å².